The van der Waals surface area contributed by atoms with Crippen molar-refractivity contribution in [3.05, 3.63) is 35.8 Å². The molecule has 0 aliphatic heterocycles. The number of nitrogens with two attached hydrogens (primary N) is 1. The summed E-state index contributed by atoms with van der Waals surface area (Å²) in [6.45, 7) is 1.99. The monoisotopic (exact) mass is 206 g/mol. The van der Waals surface area contributed by atoms with Crippen LogP contribution in [0.2, 0.25) is 0 Å². The summed E-state index contributed by atoms with van der Waals surface area (Å²) in [6.07, 6.45) is 3.82. The number of nitrogens with one attached hydrogen (secondary N) is 1. The summed E-state index contributed by atoms with van der Waals surface area (Å²) in [5.41, 5.74) is 7.77. The number of hydrogen-bond donors (Lipinski definition) is 2. The molecule has 2 aromatic rings. The lowest BCUT2D eigenvalue weighted by atomic mass is 10.1. The molecule has 0 saturated heterocycles. The Kier molecular flexibility index (Phi) is 2.73. The lowest BCUT2D eigenvalue weighted by Gasteiger charge is -2.03. The maximum absolute atomic E-state index is 12.9. The number of fused-ring (bicyclic) bond motifs is 1. The van der Waals surface area contributed by atoms with Crippen LogP contribution in [0.4, 0.5) is 4.39 Å². The highest BCUT2D eigenvalue weighted by Crippen LogP contribution is 2.20. The number of hydrogen-bond acceptors (Lipinski definition) is 1. The Morgan fingerprint density at radius 2 is 2.27 bits per heavy atom. The molecule has 0 aliphatic carbocycles. The first-order chi connectivity index (χ1) is 7.16. The van der Waals surface area contributed by atoms with Crippen LogP contribution < -0.4 is 5.73 Å². The Labute approximate surface area is 88.3 Å². The maximum Gasteiger partial charge on any atom is 0.125 e. The van der Waals surface area contributed by atoms with Crippen LogP contribution in [0.15, 0.2) is 24.4 Å². The number of aromatic nitrogens is 1. The van der Waals surface area contributed by atoms with Gasteiger partial charge in [0.25, 0.3) is 0 Å². The van der Waals surface area contributed by atoms with Gasteiger partial charge in [-0.2, -0.15) is 0 Å². The number of benzene rings is 1. The molecule has 0 amide bonds. The summed E-state index contributed by atoms with van der Waals surface area (Å²) < 4.78 is 12.9. The standard InChI is InChI=1S/C12H15FN2/c1-8(14)2-3-9-7-15-12-6-10(13)4-5-11(9)12/h4-8,15H,2-3,14H2,1H3/t8-/m1/s1. The van der Waals surface area contributed by atoms with Gasteiger partial charge in [0.2, 0.25) is 0 Å². The van der Waals surface area contributed by atoms with Crippen LogP contribution in [-0.2, 0) is 6.42 Å². The highest BCUT2D eigenvalue weighted by atomic mass is 19.1. The Hall–Kier alpha value is -1.35. The molecular weight excluding hydrogens is 191 g/mol. The minimum absolute atomic E-state index is 0.204. The van der Waals surface area contributed by atoms with Crippen LogP contribution >= 0.6 is 0 Å². The first kappa shape index (κ1) is 10.2. The van der Waals surface area contributed by atoms with Gasteiger partial charge >= 0.3 is 0 Å². The Morgan fingerprint density at radius 3 is 3.00 bits per heavy atom. The number of aryl methyl sites for hydroxylation is 1. The Morgan fingerprint density at radius 1 is 1.47 bits per heavy atom. The van der Waals surface area contributed by atoms with Crippen LogP contribution in [-0.4, -0.2) is 11.0 Å². The average Bonchev–Trinajstić information content (AvgIpc) is 2.57. The Balaban J connectivity index is 2.29. The van der Waals surface area contributed by atoms with Crippen molar-refractivity contribution in [2.75, 3.05) is 0 Å². The van der Waals surface area contributed by atoms with Crippen LogP contribution in [0.1, 0.15) is 18.9 Å². The van der Waals surface area contributed by atoms with Crippen molar-refractivity contribution in [3.8, 4) is 0 Å². The third-order valence-corrected chi connectivity index (χ3v) is 2.60. The van der Waals surface area contributed by atoms with Gasteiger partial charge in [0.15, 0.2) is 0 Å². The van der Waals surface area contributed by atoms with Gasteiger partial charge in [0.05, 0.1) is 0 Å². The van der Waals surface area contributed by atoms with Gasteiger partial charge in [-0.05, 0) is 43.5 Å². The lowest BCUT2D eigenvalue weighted by molar-refractivity contribution is 0.629. The maximum atomic E-state index is 12.9. The average molecular weight is 206 g/mol. The molecule has 3 heteroatoms. The molecule has 2 nitrogen and oxygen atoms in total. The topological polar surface area (TPSA) is 41.8 Å². The van der Waals surface area contributed by atoms with Crippen LogP contribution in [0.5, 0.6) is 0 Å². The van der Waals surface area contributed by atoms with E-state index in [0.717, 1.165) is 23.7 Å². The fraction of sp³-hybridized carbons (Fsp3) is 0.333. The van der Waals surface area contributed by atoms with E-state index < -0.39 is 0 Å². The van der Waals surface area contributed by atoms with E-state index >= 15 is 0 Å². The normalized spacial score (nSPS) is 13.3. The predicted octanol–water partition coefficient (Wildman–Crippen LogP) is 2.59. The van der Waals surface area contributed by atoms with E-state index in [1.807, 2.05) is 19.2 Å². The van der Waals surface area contributed by atoms with Gasteiger partial charge in [-0.3, -0.25) is 0 Å². The van der Waals surface area contributed by atoms with Crippen molar-refractivity contribution in [2.24, 2.45) is 5.73 Å². The Bertz CT molecular complexity index is 460. The van der Waals surface area contributed by atoms with E-state index in [2.05, 4.69) is 4.98 Å². The van der Waals surface area contributed by atoms with Gasteiger partial charge in [0.1, 0.15) is 5.82 Å². The first-order valence-corrected chi connectivity index (χ1v) is 5.18. The second-order valence-corrected chi connectivity index (χ2v) is 4.02. The molecule has 15 heavy (non-hydrogen) atoms. The van der Waals surface area contributed by atoms with E-state index in [4.69, 9.17) is 5.73 Å². The molecule has 1 atom stereocenters. The van der Waals surface area contributed by atoms with Gasteiger partial charge < -0.3 is 10.7 Å². The summed E-state index contributed by atoms with van der Waals surface area (Å²) in [6, 6.07) is 5.03. The highest BCUT2D eigenvalue weighted by Gasteiger charge is 2.05. The summed E-state index contributed by atoms with van der Waals surface area (Å²) in [5.74, 6) is -0.205. The zero-order valence-electron chi connectivity index (χ0n) is 8.76. The molecule has 1 aromatic heterocycles. The predicted molar refractivity (Wildman–Crippen MR) is 60.2 cm³/mol. The zero-order chi connectivity index (χ0) is 10.8. The van der Waals surface area contributed by atoms with Crippen molar-refractivity contribution in [1.29, 1.82) is 0 Å². The number of aromatic amines is 1. The first-order valence-electron chi connectivity index (χ1n) is 5.18. The van der Waals surface area contributed by atoms with E-state index in [-0.39, 0.29) is 11.9 Å². The van der Waals surface area contributed by atoms with E-state index in [1.54, 1.807) is 0 Å². The van der Waals surface area contributed by atoms with Gasteiger partial charge in [-0.15, -0.1) is 0 Å². The quantitative estimate of drug-likeness (QED) is 0.796. The minimum Gasteiger partial charge on any atom is -0.361 e. The second kappa shape index (κ2) is 4.03. The summed E-state index contributed by atoms with van der Waals surface area (Å²) in [5, 5.41) is 1.09. The number of halogens is 1. The van der Waals surface area contributed by atoms with E-state index in [1.165, 1.54) is 17.7 Å². The number of H-pyrrole nitrogens is 1. The summed E-state index contributed by atoms with van der Waals surface area (Å²) in [7, 11) is 0. The molecular formula is C12H15FN2. The second-order valence-electron chi connectivity index (χ2n) is 4.02. The van der Waals surface area contributed by atoms with Crippen molar-refractivity contribution in [3.63, 3.8) is 0 Å². The van der Waals surface area contributed by atoms with Crippen molar-refractivity contribution < 1.29 is 4.39 Å². The molecule has 1 aromatic carbocycles. The van der Waals surface area contributed by atoms with Gasteiger partial charge in [-0.1, -0.05) is 0 Å². The molecule has 3 N–H and O–H groups in total. The highest BCUT2D eigenvalue weighted by molar-refractivity contribution is 5.83. The molecule has 2 rings (SSSR count). The largest absolute Gasteiger partial charge is 0.361 e. The lowest BCUT2D eigenvalue weighted by Crippen LogP contribution is -2.15. The summed E-state index contributed by atoms with van der Waals surface area (Å²) in [4.78, 5) is 3.07. The molecule has 0 radical (unpaired) electrons. The smallest absolute Gasteiger partial charge is 0.125 e. The van der Waals surface area contributed by atoms with Crippen molar-refractivity contribution in [2.45, 2.75) is 25.8 Å². The number of rotatable bonds is 3. The molecule has 0 aliphatic rings. The third-order valence-electron chi connectivity index (χ3n) is 2.60. The van der Waals surface area contributed by atoms with E-state index in [0.29, 0.717) is 0 Å². The molecule has 1 heterocycles. The molecule has 80 valence electrons. The third kappa shape index (κ3) is 2.18. The SMILES string of the molecule is C[C@@H](N)CCc1c[nH]c2cc(F)ccc12. The fourth-order valence-corrected chi connectivity index (χ4v) is 1.75. The van der Waals surface area contributed by atoms with Crippen LogP contribution in [0.3, 0.4) is 0 Å². The van der Waals surface area contributed by atoms with Crippen molar-refractivity contribution >= 4 is 10.9 Å². The molecule has 0 saturated carbocycles. The zero-order valence-corrected chi connectivity index (χ0v) is 8.76. The van der Waals surface area contributed by atoms with E-state index in [9.17, 15) is 4.39 Å². The van der Waals surface area contributed by atoms with Gasteiger partial charge in [-0.25, -0.2) is 4.39 Å². The van der Waals surface area contributed by atoms with Crippen LogP contribution in [0.25, 0.3) is 10.9 Å². The molecule has 0 unspecified atom stereocenters. The van der Waals surface area contributed by atoms with Crippen molar-refractivity contribution in [1.82, 2.24) is 4.98 Å². The molecule has 0 fully saturated rings. The molecule has 0 spiro atoms. The summed E-state index contributed by atoms with van der Waals surface area (Å²) >= 11 is 0. The van der Waals surface area contributed by atoms with Crippen LogP contribution in [0, 0.1) is 5.82 Å². The minimum atomic E-state index is -0.205. The molecule has 0 bridgehead atoms. The van der Waals surface area contributed by atoms with Gasteiger partial charge in [0, 0.05) is 23.1 Å². The fourth-order valence-electron chi connectivity index (χ4n) is 1.75.